The van der Waals surface area contributed by atoms with Crippen molar-refractivity contribution in [1.29, 1.82) is 0 Å². The zero-order valence-corrected chi connectivity index (χ0v) is 11.5. The van der Waals surface area contributed by atoms with Gasteiger partial charge in [-0.1, -0.05) is 44.2 Å². The van der Waals surface area contributed by atoms with Crippen LogP contribution in [0.1, 0.15) is 38.3 Å². The molecule has 1 atom stereocenters. The molecule has 0 saturated heterocycles. The van der Waals surface area contributed by atoms with Crippen molar-refractivity contribution < 1.29 is 9.90 Å². The molecule has 0 saturated carbocycles. The summed E-state index contributed by atoms with van der Waals surface area (Å²) in [4.78, 5) is 12.8. The van der Waals surface area contributed by atoms with Crippen molar-refractivity contribution in [2.24, 2.45) is 5.92 Å². The molecular weight excluding hydrogens is 226 g/mol. The molecule has 0 aliphatic carbocycles. The Morgan fingerprint density at radius 2 is 1.89 bits per heavy atom. The first-order valence-corrected chi connectivity index (χ1v) is 6.47. The van der Waals surface area contributed by atoms with Crippen LogP contribution in [0, 0.1) is 5.92 Å². The standard InChI is InChI=1S/C15H23NO2/c1-12(2)11-14(13-7-5-4-6-8-13)16(3)10-9-15(17)18/h4-8,12,14H,9-11H2,1-3H3,(H,17,18). The summed E-state index contributed by atoms with van der Waals surface area (Å²) in [5.41, 5.74) is 1.26. The second kappa shape index (κ2) is 7.17. The highest BCUT2D eigenvalue weighted by atomic mass is 16.4. The van der Waals surface area contributed by atoms with Gasteiger partial charge < -0.3 is 5.11 Å². The van der Waals surface area contributed by atoms with Crippen molar-refractivity contribution in [2.45, 2.75) is 32.7 Å². The van der Waals surface area contributed by atoms with Crippen molar-refractivity contribution in [3.8, 4) is 0 Å². The van der Waals surface area contributed by atoms with Crippen molar-refractivity contribution in [2.75, 3.05) is 13.6 Å². The Morgan fingerprint density at radius 3 is 2.39 bits per heavy atom. The van der Waals surface area contributed by atoms with Crippen molar-refractivity contribution in [3.05, 3.63) is 35.9 Å². The lowest BCUT2D eigenvalue weighted by Crippen LogP contribution is -2.28. The van der Waals surface area contributed by atoms with Gasteiger partial charge in [-0.05, 0) is 24.9 Å². The molecule has 1 aromatic rings. The monoisotopic (exact) mass is 249 g/mol. The molecule has 100 valence electrons. The third-order valence-electron chi connectivity index (χ3n) is 3.09. The molecule has 18 heavy (non-hydrogen) atoms. The summed E-state index contributed by atoms with van der Waals surface area (Å²) in [6, 6.07) is 10.6. The number of rotatable bonds is 7. The molecule has 0 radical (unpaired) electrons. The minimum atomic E-state index is -0.738. The molecule has 1 N–H and O–H groups in total. The Hall–Kier alpha value is -1.35. The van der Waals surface area contributed by atoms with Gasteiger partial charge in [0, 0.05) is 12.6 Å². The average molecular weight is 249 g/mol. The minimum Gasteiger partial charge on any atom is -0.481 e. The normalized spacial score (nSPS) is 12.9. The molecule has 0 aliphatic heterocycles. The van der Waals surface area contributed by atoms with E-state index in [0.29, 0.717) is 18.5 Å². The lowest BCUT2D eigenvalue weighted by Gasteiger charge is -2.29. The van der Waals surface area contributed by atoms with Gasteiger partial charge in [-0.3, -0.25) is 9.69 Å². The van der Waals surface area contributed by atoms with Crippen LogP contribution in [0.5, 0.6) is 0 Å². The Bertz CT molecular complexity index is 362. The van der Waals surface area contributed by atoms with Crippen LogP contribution in [0.15, 0.2) is 30.3 Å². The highest BCUT2D eigenvalue weighted by Crippen LogP contribution is 2.26. The fourth-order valence-corrected chi connectivity index (χ4v) is 2.12. The number of nitrogens with zero attached hydrogens (tertiary/aromatic N) is 1. The highest BCUT2D eigenvalue weighted by molar-refractivity contribution is 5.66. The van der Waals surface area contributed by atoms with Crippen LogP contribution in [-0.4, -0.2) is 29.6 Å². The quantitative estimate of drug-likeness (QED) is 0.807. The van der Waals surface area contributed by atoms with E-state index >= 15 is 0 Å². The summed E-state index contributed by atoms with van der Waals surface area (Å²) in [6.07, 6.45) is 1.23. The molecule has 0 amide bonds. The predicted octanol–water partition coefficient (Wildman–Crippen LogP) is 3.18. The van der Waals surface area contributed by atoms with E-state index in [2.05, 4.69) is 30.9 Å². The van der Waals surface area contributed by atoms with Crippen LogP contribution < -0.4 is 0 Å². The van der Waals surface area contributed by atoms with Gasteiger partial charge in [0.05, 0.1) is 6.42 Å². The van der Waals surface area contributed by atoms with Gasteiger partial charge in [0.15, 0.2) is 0 Å². The first-order chi connectivity index (χ1) is 8.50. The number of hydrogen-bond donors (Lipinski definition) is 1. The molecule has 0 aromatic heterocycles. The fraction of sp³-hybridized carbons (Fsp3) is 0.533. The van der Waals surface area contributed by atoms with Crippen molar-refractivity contribution >= 4 is 5.97 Å². The number of aliphatic carboxylic acids is 1. The van der Waals surface area contributed by atoms with E-state index in [-0.39, 0.29) is 6.42 Å². The maximum Gasteiger partial charge on any atom is 0.304 e. The summed E-state index contributed by atoms with van der Waals surface area (Å²) >= 11 is 0. The zero-order valence-electron chi connectivity index (χ0n) is 11.5. The fourth-order valence-electron chi connectivity index (χ4n) is 2.12. The smallest absolute Gasteiger partial charge is 0.304 e. The van der Waals surface area contributed by atoms with Crippen LogP contribution in [0.3, 0.4) is 0 Å². The lowest BCUT2D eigenvalue weighted by atomic mass is 9.96. The molecule has 1 unspecified atom stereocenters. The number of carboxylic acids is 1. The largest absolute Gasteiger partial charge is 0.481 e. The maximum atomic E-state index is 10.7. The van der Waals surface area contributed by atoms with Crippen molar-refractivity contribution in [1.82, 2.24) is 4.90 Å². The summed E-state index contributed by atoms with van der Waals surface area (Å²) < 4.78 is 0. The third kappa shape index (κ3) is 4.88. The Labute approximate surface area is 109 Å². The second-order valence-corrected chi connectivity index (χ2v) is 5.18. The molecule has 0 aliphatic rings. The Kier molecular flexibility index (Phi) is 5.86. The third-order valence-corrected chi connectivity index (χ3v) is 3.09. The Balaban J connectivity index is 2.75. The van der Waals surface area contributed by atoms with Crippen molar-refractivity contribution in [3.63, 3.8) is 0 Å². The van der Waals surface area contributed by atoms with E-state index < -0.39 is 5.97 Å². The summed E-state index contributed by atoms with van der Waals surface area (Å²) in [5, 5.41) is 8.77. The molecule has 0 bridgehead atoms. The van der Waals surface area contributed by atoms with E-state index in [1.54, 1.807) is 0 Å². The van der Waals surface area contributed by atoms with Crippen LogP contribution in [0.25, 0.3) is 0 Å². The maximum absolute atomic E-state index is 10.7. The summed E-state index contributed by atoms with van der Waals surface area (Å²) in [5.74, 6) is -0.152. The highest BCUT2D eigenvalue weighted by Gasteiger charge is 2.18. The summed E-state index contributed by atoms with van der Waals surface area (Å²) in [6.45, 7) is 4.98. The predicted molar refractivity (Wildman–Crippen MR) is 73.5 cm³/mol. The number of hydrogen-bond acceptors (Lipinski definition) is 2. The van der Waals surface area contributed by atoms with Gasteiger partial charge in [0.1, 0.15) is 0 Å². The van der Waals surface area contributed by atoms with Gasteiger partial charge in [0.25, 0.3) is 0 Å². The number of carbonyl (C=O) groups is 1. The average Bonchev–Trinajstić information content (AvgIpc) is 2.34. The van der Waals surface area contributed by atoms with Gasteiger partial charge in [-0.2, -0.15) is 0 Å². The van der Waals surface area contributed by atoms with E-state index in [4.69, 9.17) is 5.11 Å². The van der Waals surface area contributed by atoms with E-state index in [1.807, 2.05) is 25.2 Å². The molecule has 0 fully saturated rings. The van der Waals surface area contributed by atoms with Crippen LogP contribution in [-0.2, 0) is 4.79 Å². The molecular formula is C15H23NO2. The number of benzene rings is 1. The van der Waals surface area contributed by atoms with Gasteiger partial charge in [-0.25, -0.2) is 0 Å². The molecule has 0 heterocycles. The SMILES string of the molecule is CC(C)CC(c1ccccc1)N(C)CCC(=O)O. The number of carboxylic acid groups (broad SMARTS) is 1. The lowest BCUT2D eigenvalue weighted by molar-refractivity contribution is -0.137. The van der Waals surface area contributed by atoms with Crippen LogP contribution >= 0.6 is 0 Å². The summed E-state index contributed by atoms with van der Waals surface area (Å²) in [7, 11) is 2.00. The van der Waals surface area contributed by atoms with Gasteiger partial charge in [-0.15, -0.1) is 0 Å². The van der Waals surface area contributed by atoms with E-state index in [9.17, 15) is 4.79 Å². The minimum absolute atomic E-state index is 0.192. The van der Waals surface area contributed by atoms with Gasteiger partial charge >= 0.3 is 5.97 Å². The van der Waals surface area contributed by atoms with Crippen LogP contribution in [0.4, 0.5) is 0 Å². The molecule has 1 rings (SSSR count). The molecule has 3 heteroatoms. The van der Waals surface area contributed by atoms with E-state index in [1.165, 1.54) is 5.56 Å². The Morgan fingerprint density at radius 1 is 1.28 bits per heavy atom. The van der Waals surface area contributed by atoms with Gasteiger partial charge in [0.2, 0.25) is 0 Å². The first kappa shape index (κ1) is 14.7. The van der Waals surface area contributed by atoms with E-state index in [0.717, 1.165) is 6.42 Å². The molecule has 1 aromatic carbocycles. The zero-order chi connectivity index (χ0) is 13.5. The molecule has 0 spiro atoms. The first-order valence-electron chi connectivity index (χ1n) is 6.47. The second-order valence-electron chi connectivity index (χ2n) is 5.18. The van der Waals surface area contributed by atoms with Crippen LogP contribution in [0.2, 0.25) is 0 Å². The topological polar surface area (TPSA) is 40.5 Å². The molecule has 3 nitrogen and oxygen atoms in total.